The number of hydrogen-bond acceptors (Lipinski definition) is 2. The van der Waals surface area contributed by atoms with Crippen LogP contribution in [-0.2, 0) is 0 Å². The molecule has 70 valence electrons. The zero-order valence-corrected chi connectivity index (χ0v) is 8.04. The van der Waals surface area contributed by atoms with Crippen LogP contribution in [-0.4, -0.2) is 22.4 Å². The molecular weight excluding hydrogens is 152 g/mol. The van der Waals surface area contributed by atoms with Crippen LogP contribution in [0.4, 0.5) is 0 Å². The molecule has 12 heavy (non-hydrogen) atoms. The van der Waals surface area contributed by atoms with E-state index in [9.17, 15) is 10.2 Å². The van der Waals surface area contributed by atoms with Gasteiger partial charge in [0.2, 0.25) is 0 Å². The van der Waals surface area contributed by atoms with Gasteiger partial charge in [-0.25, -0.2) is 0 Å². The quantitative estimate of drug-likeness (QED) is 0.573. The van der Waals surface area contributed by atoms with Gasteiger partial charge in [-0.05, 0) is 24.2 Å². The largest absolute Gasteiger partial charge is 0.393 e. The van der Waals surface area contributed by atoms with Gasteiger partial charge in [0.25, 0.3) is 0 Å². The fraction of sp³-hybridized carbons (Fsp3) is 1.00. The van der Waals surface area contributed by atoms with Gasteiger partial charge in [0.15, 0.2) is 0 Å². The van der Waals surface area contributed by atoms with E-state index in [4.69, 9.17) is 0 Å². The molecule has 2 fully saturated rings. The van der Waals surface area contributed by atoms with Crippen molar-refractivity contribution in [2.45, 2.75) is 45.8 Å². The van der Waals surface area contributed by atoms with Crippen LogP contribution in [0.3, 0.4) is 0 Å². The molecule has 0 saturated heterocycles. The van der Waals surface area contributed by atoms with Crippen LogP contribution < -0.4 is 0 Å². The summed E-state index contributed by atoms with van der Waals surface area (Å²) in [6, 6.07) is 0. The van der Waals surface area contributed by atoms with Crippen LogP contribution in [0.15, 0.2) is 0 Å². The average molecular weight is 170 g/mol. The summed E-state index contributed by atoms with van der Waals surface area (Å²) in [5.74, 6) is 0.303. The van der Waals surface area contributed by atoms with Crippen molar-refractivity contribution in [3.05, 3.63) is 0 Å². The Bertz CT molecular complexity index is 212. The van der Waals surface area contributed by atoms with Gasteiger partial charge < -0.3 is 10.2 Å². The molecule has 2 nitrogen and oxygen atoms in total. The number of aliphatic hydroxyl groups excluding tert-OH is 2. The topological polar surface area (TPSA) is 40.5 Å². The third kappa shape index (κ3) is 0.686. The molecule has 0 heterocycles. The highest BCUT2D eigenvalue weighted by atomic mass is 16.3. The normalized spacial score (nSPS) is 56.2. The van der Waals surface area contributed by atoms with Gasteiger partial charge in [-0.15, -0.1) is 0 Å². The van der Waals surface area contributed by atoms with Crippen molar-refractivity contribution >= 4 is 0 Å². The zero-order chi connectivity index (χ0) is 9.15. The molecule has 0 unspecified atom stereocenters. The maximum atomic E-state index is 9.82. The van der Waals surface area contributed by atoms with Gasteiger partial charge in [0.05, 0.1) is 12.2 Å². The van der Waals surface area contributed by atoms with Gasteiger partial charge in [0, 0.05) is 5.41 Å². The lowest BCUT2D eigenvalue weighted by Crippen LogP contribution is -2.36. The van der Waals surface area contributed by atoms with E-state index in [1.54, 1.807) is 0 Å². The van der Waals surface area contributed by atoms with E-state index >= 15 is 0 Å². The Kier molecular flexibility index (Phi) is 1.45. The lowest BCUT2D eigenvalue weighted by molar-refractivity contribution is -0.00727. The zero-order valence-electron chi connectivity index (χ0n) is 8.04. The average Bonchev–Trinajstić information content (AvgIpc) is 2.18. The second kappa shape index (κ2) is 2.05. The molecule has 2 aliphatic carbocycles. The van der Waals surface area contributed by atoms with Gasteiger partial charge >= 0.3 is 0 Å². The van der Waals surface area contributed by atoms with Crippen molar-refractivity contribution < 1.29 is 10.2 Å². The van der Waals surface area contributed by atoms with E-state index in [-0.39, 0.29) is 23.0 Å². The summed E-state index contributed by atoms with van der Waals surface area (Å²) in [6.07, 6.45) is 1.16. The Morgan fingerprint density at radius 1 is 1.17 bits per heavy atom. The molecule has 0 aromatic rings. The third-order valence-corrected chi connectivity index (χ3v) is 4.71. The number of rotatable bonds is 0. The first-order chi connectivity index (χ1) is 5.39. The molecule has 0 aliphatic heterocycles. The van der Waals surface area contributed by atoms with E-state index in [1.807, 2.05) is 0 Å². The van der Waals surface area contributed by atoms with E-state index < -0.39 is 0 Å². The Labute approximate surface area is 73.6 Å². The standard InChI is InChI=1S/C10H18O2/c1-9(2)6-4-8(12)10(9,3)5-7(6)11/h6-8,11-12H,4-5H2,1-3H3/t6-,7-,8-,10+/m0/s1. The van der Waals surface area contributed by atoms with E-state index in [0.717, 1.165) is 12.8 Å². The maximum Gasteiger partial charge on any atom is 0.0603 e. The van der Waals surface area contributed by atoms with Crippen molar-refractivity contribution in [3.8, 4) is 0 Å². The molecule has 4 atom stereocenters. The molecule has 0 aromatic heterocycles. The minimum Gasteiger partial charge on any atom is -0.393 e. The Morgan fingerprint density at radius 2 is 1.75 bits per heavy atom. The minimum absolute atomic E-state index is 0.0584. The SMILES string of the molecule is CC1(C)[C@H]2C[C@H](O)[C@@]1(C)C[C@@H]2O. The smallest absolute Gasteiger partial charge is 0.0603 e. The first-order valence-corrected chi connectivity index (χ1v) is 4.76. The van der Waals surface area contributed by atoms with E-state index in [1.165, 1.54) is 0 Å². The fourth-order valence-corrected chi connectivity index (χ4v) is 3.26. The predicted octanol–water partition coefficient (Wildman–Crippen LogP) is 1.16. The van der Waals surface area contributed by atoms with Crippen LogP contribution in [0.1, 0.15) is 33.6 Å². The first kappa shape index (κ1) is 8.52. The summed E-state index contributed by atoms with van der Waals surface area (Å²) >= 11 is 0. The monoisotopic (exact) mass is 170 g/mol. The third-order valence-electron chi connectivity index (χ3n) is 4.71. The number of aliphatic hydroxyl groups is 2. The van der Waals surface area contributed by atoms with Crippen LogP contribution in [0, 0.1) is 16.7 Å². The molecule has 0 spiro atoms. The molecular formula is C10H18O2. The lowest BCUT2D eigenvalue weighted by Gasteiger charge is -2.36. The van der Waals surface area contributed by atoms with Crippen molar-refractivity contribution in [2.24, 2.45) is 16.7 Å². The second-order valence-electron chi connectivity index (χ2n) is 5.27. The van der Waals surface area contributed by atoms with Crippen molar-refractivity contribution in [1.82, 2.24) is 0 Å². The fourth-order valence-electron chi connectivity index (χ4n) is 3.26. The van der Waals surface area contributed by atoms with Crippen molar-refractivity contribution in [1.29, 1.82) is 0 Å². The highest BCUT2D eigenvalue weighted by Gasteiger charge is 2.64. The molecule has 2 heteroatoms. The Hall–Kier alpha value is -0.0800. The summed E-state index contributed by atoms with van der Waals surface area (Å²) in [5.41, 5.74) is 0.0446. The summed E-state index contributed by atoms with van der Waals surface area (Å²) in [4.78, 5) is 0. The molecule has 2 N–H and O–H groups in total. The summed E-state index contributed by atoms with van der Waals surface area (Å²) in [5, 5.41) is 19.5. The number of fused-ring (bicyclic) bond motifs is 2. The maximum absolute atomic E-state index is 9.82. The number of hydrogen-bond donors (Lipinski definition) is 2. The van der Waals surface area contributed by atoms with Crippen LogP contribution in [0.25, 0.3) is 0 Å². The van der Waals surface area contributed by atoms with Gasteiger partial charge in [-0.1, -0.05) is 20.8 Å². The van der Waals surface area contributed by atoms with E-state index in [2.05, 4.69) is 20.8 Å². The molecule has 0 aromatic carbocycles. The van der Waals surface area contributed by atoms with Crippen LogP contribution in [0.5, 0.6) is 0 Å². The van der Waals surface area contributed by atoms with Crippen molar-refractivity contribution in [3.63, 3.8) is 0 Å². The highest BCUT2D eigenvalue weighted by molar-refractivity contribution is 5.13. The van der Waals surface area contributed by atoms with Crippen LogP contribution >= 0.6 is 0 Å². The Balaban J connectivity index is 2.41. The molecule has 2 saturated carbocycles. The summed E-state index contributed by atoms with van der Waals surface area (Å²) in [7, 11) is 0. The Morgan fingerprint density at radius 3 is 2.00 bits per heavy atom. The second-order valence-corrected chi connectivity index (χ2v) is 5.27. The molecule has 2 aliphatic rings. The first-order valence-electron chi connectivity index (χ1n) is 4.76. The molecule has 2 bridgehead atoms. The minimum atomic E-state index is -0.208. The molecule has 0 amide bonds. The van der Waals surface area contributed by atoms with Gasteiger partial charge in [0.1, 0.15) is 0 Å². The summed E-state index contributed by atoms with van der Waals surface area (Å²) < 4.78 is 0. The van der Waals surface area contributed by atoms with Gasteiger partial charge in [-0.3, -0.25) is 0 Å². The predicted molar refractivity (Wildman–Crippen MR) is 46.6 cm³/mol. The highest BCUT2D eigenvalue weighted by Crippen LogP contribution is 2.65. The van der Waals surface area contributed by atoms with E-state index in [0.29, 0.717) is 5.92 Å². The van der Waals surface area contributed by atoms with Crippen molar-refractivity contribution in [2.75, 3.05) is 0 Å². The van der Waals surface area contributed by atoms with Gasteiger partial charge in [-0.2, -0.15) is 0 Å². The molecule has 0 radical (unpaired) electrons. The lowest BCUT2D eigenvalue weighted by atomic mass is 9.70. The molecule has 2 rings (SSSR count). The summed E-state index contributed by atoms with van der Waals surface area (Å²) in [6.45, 7) is 6.45. The van der Waals surface area contributed by atoms with Crippen LogP contribution in [0.2, 0.25) is 0 Å².